The van der Waals surface area contributed by atoms with Crippen LogP contribution < -0.4 is 15.2 Å². The second-order valence-corrected chi connectivity index (χ2v) is 7.60. The average molecular weight is 399 g/mol. The fourth-order valence-corrected chi connectivity index (χ4v) is 4.35. The minimum absolute atomic E-state index is 0.401. The summed E-state index contributed by atoms with van der Waals surface area (Å²) >= 11 is 0. The number of hydrogen-bond acceptors (Lipinski definition) is 5. The number of hydrogen-bond donors (Lipinski definition) is 1. The predicted octanol–water partition coefficient (Wildman–Crippen LogP) is 2.36. The Bertz CT molecular complexity index is 900. The van der Waals surface area contributed by atoms with Crippen molar-refractivity contribution < 1.29 is 19.0 Å². The van der Waals surface area contributed by atoms with E-state index in [2.05, 4.69) is 16.4 Å². The van der Waals surface area contributed by atoms with Gasteiger partial charge >= 0.3 is 0 Å². The topological polar surface area (TPSA) is 79.0 Å². The zero-order valence-corrected chi connectivity index (χ0v) is 17.2. The summed E-state index contributed by atoms with van der Waals surface area (Å²) in [6.45, 7) is 10.6. The fraction of sp³-hybridized carbons (Fsp3) is 0.500. The largest absolute Gasteiger partial charge is 0.486 e. The molecule has 1 amide bonds. The molecule has 2 aliphatic rings. The maximum atomic E-state index is 12.3. The highest BCUT2D eigenvalue weighted by atomic mass is 16.6. The minimum Gasteiger partial charge on any atom is -0.486 e. The fourth-order valence-electron chi connectivity index (χ4n) is 4.35. The molecule has 156 valence electrons. The number of nitrogens with two attached hydrogens (primary N) is 1. The number of primary amides is 1. The van der Waals surface area contributed by atoms with Gasteiger partial charge in [0.15, 0.2) is 11.5 Å². The molecule has 0 unspecified atom stereocenters. The number of fused-ring (bicyclic) bond motifs is 1. The van der Waals surface area contributed by atoms with Gasteiger partial charge in [-0.25, -0.2) is 0 Å². The molecular weight excluding hydrogens is 370 g/mol. The number of benzene rings is 1. The highest BCUT2D eigenvalue weighted by Gasteiger charge is 2.24. The molecule has 2 N–H and O–H groups in total. The van der Waals surface area contributed by atoms with Gasteiger partial charge in [-0.15, -0.1) is 0 Å². The summed E-state index contributed by atoms with van der Waals surface area (Å²) in [7, 11) is 0. The summed E-state index contributed by atoms with van der Waals surface area (Å²) < 4.78 is 19.0. The quantitative estimate of drug-likeness (QED) is 0.807. The van der Waals surface area contributed by atoms with E-state index >= 15 is 0 Å². The smallest absolute Gasteiger partial charge is 0.251 e. The van der Waals surface area contributed by atoms with Gasteiger partial charge in [0.25, 0.3) is 5.91 Å². The van der Waals surface area contributed by atoms with Crippen LogP contribution in [0.5, 0.6) is 11.5 Å². The van der Waals surface area contributed by atoms with Crippen LogP contribution in [0.25, 0.3) is 11.1 Å². The van der Waals surface area contributed by atoms with Crippen molar-refractivity contribution in [2.24, 2.45) is 5.73 Å². The third kappa shape index (κ3) is 3.97. The van der Waals surface area contributed by atoms with Gasteiger partial charge in [0, 0.05) is 43.1 Å². The SMILES string of the molecule is Cc1c(C(N)=O)c(-c2ccc3c(c2)OCCO3)c(C)n1CCCN1CCOCC1. The van der Waals surface area contributed by atoms with Crippen molar-refractivity contribution in [2.75, 3.05) is 46.1 Å². The highest BCUT2D eigenvalue weighted by Crippen LogP contribution is 2.38. The molecule has 2 aromatic rings. The third-order valence-corrected chi connectivity index (χ3v) is 5.82. The summed E-state index contributed by atoms with van der Waals surface area (Å²) in [5, 5.41) is 0. The lowest BCUT2D eigenvalue weighted by Gasteiger charge is -2.26. The van der Waals surface area contributed by atoms with Crippen LogP contribution in [0.4, 0.5) is 0 Å². The van der Waals surface area contributed by atoms with Crippen LogP contribution in [-0.4, -0.2) is 61.4 Å². The van der Waals surface area contributed by atoms with Crippen molar-refractivity contribution >= 4 is 5.91 Å². The highest BCUT2D eigenvalue weighted by molar-refractivity contribution is 6.02. The first-order valence-electron chi connectivity index (χ1n) is 10.3. The zero-order valence-electron chi connectivity index (χ0n) is 17.2. The Morgan fingerprint density at radius 3 is 2.45 bits per heavy atom. The third-order valence-electron chi connectivity index (χ3n) is 5.82. The second-order valence-electron chi connectivity index (χ2n) is 7.60. The van der Waals surface area contributed by atoms with Gasteiger partial charge in [-0.2, -0.15) is 0 Å². The second kappa shape index (κ2) is 8.47. The Hall–Kier alpha value is -2.51. The van der Waals surface area contributed by atoms with E-state index in [1.165, 1.54) is 0 Å². The number of carbonyl (C=O) groups is 1. The number of aromatic nitrogens is 1. The number of rotatable bonds is 6. The van der Waals surface area contributed by atoms with E-state index in [4.69, 9.17) is 19.9 Å². The standard InChI is InChI=1S/C22H29N3O4/c1-15-20(17-4-5-18-19(14-17)29-13-12-28-18)21(22(23)26)16(2)25(15)7-3-6-24-8-10-27-11-9-24/h4-5,14H,3,6-13H2,1-2H3,(H2,23,26). The molecule has 1 saturated heterocycles. The maximum Gasteiger partial charge on any atom is 0.251 e. The van der Waals surface area contributed by atoms with Gasteiger partial charge in [-0.1, -0.05) is 6.07 Å². The molecule has 2 aliphatic heterocycles. The van der Waals surface area contributed by atoms with Crippen LogP contribution in [0.3, 0.4) is 0 Å². The normalized spacial score (nSPS) is 16.8. The molecular formula is C22H29N3O4. The monoisotopic (exact) mass is 399 g/mol. The van der Waals surface area contributed by atoms with Crippen molar-refractivity contribution in [3.8, 4) is 22.6 Å². The summed E-state index contributed by atoms with van der Waals surface area (Å²) in [6.07, 6.45) is 1.01. The van der Waals surface area contributed by atoms with Gasteiger partial charge in [-0.3, -0.25) is 9.69 Å². The Kier molecular flexibility index (Phi) is 5.78. The Morgan fingerprint density at radius 1 is 1.00 bits per heavy atom. The number of morpholine rings is 1. The number of ether oxygens (including phenoxy) is 3. The molecule has 0 spiro atoms. The van der Waals surface area contributed by atoms with Crippen molar-refractivity contribution in [1.29, 1.82) is 0 Å². The summed E-state index contributed by atoms with van der Waals surface area (Å²) in [4.78, 5) is 14.7. The summed E-state index contributed by atoms with van der Waals surface area (Å²) in [6, 6.07) is 5.82. The van der Waals surface area contributed by atoms with Crippen LogP contribution in [0.1, 0.15) is 28.2 Å². The zero-order chi connectivity index (χ0) is 20.4. The van der Waals surface area contributed by atoms with E-state index in [0.29, 0.717) is 24.5 Å². The Balaban J connectivity index is 1.61. The summed E-state index contributed by atoms with van der Waals surface area (Å²) in [5.74, 6) is 1.05. The molecule has 1 aromatic carbocycles. The van der Waals surface area contributed by atoms with Gasteiger partial charge < -0.3 is 24.5 Å². The lowest BCUT2D eigenvalue weighted by Crippen LogP contribution is -2.37. The minimum atomic E-state index is -0.401. The number of nitrogens with zero attached hydrogens (tertiary/aromatic N) is 2. The Labute approximate surface area is 171 Å². The van der Waals surface area contributed by atoms with Gasteiger partial charge in [-0.05, 0) is 38.0 Å². The first kappa shape index (κ1) is 19.8. The molecule has 1 fully saturated rings. The van der Waals surface area contributed by atoms with E-state index in [0.717, 1.165) is 74.1 Å². The average Bonchev–Trinajstić information content (AvgIpc) is 2.99. The van der Waals surface area contributed by atoms with Crippen molar-refractivity contribution in [3.63, 3.8) is 0 Å². The van der Waals surface area contributed by atoms with Crippen molar-refractivity contribution in [1.82, 2.24) is 9.47 Å². The lowest BCUT2D eigenvalue weighted by atomic mass is 9.99. The number of amides is 1. The van der Waals surface area contributed by atoms with Gasteiger partial charge in [0.05, 0.1) is 18.8 Å². The molecule has 1 aromatic heterocycles. The first-order valence-corrected chi connectivity index (χ1v) is 10.3. The molecule has 7 nitrogen and oxygen atoms in total. The molecule has 4 rings (SSSR count). The van der Waals surface area contributed by atoms with E-state index in [1.54, 1.807) is 0 Å². The molecule has 0 bridgehead atoms. The van der Waals surface area contributed by atoms with Crippen LogP contribution in [-0.2, 0) is 11.3 Å². The predicted molar refractivity (Wildman–Crippen MR) is 111 cm³/mol. The van der Waals surface area contributed by atoms with E-state index in [-0.39, 0.29) is 0 Å². The molecule has 29 heavy (non-hydrogen) atoms. The molecule has 0 saturated carbocycles. The maximum absolute atomic E-state index is 12.3. The van der Waals surface area contributed by atoms with Gasteiger partial charge in [0.2, 0.25) is 0 Å². The van der Waals surface area contributed by atoms with E-state index < -0.39 is 5.91 Å². The van der Waals surface area contributed by atoms with Gasteiger partial charge in [0.1, 0.15) is 13.2 Å². The van der Waals surface area contributed by atoms with E-state index in [1.807, 2.05) is 25.1 Å². The van der Waals surface area contributed by atoms with Crippen LogP contribution >= 0.6 is 0 Å². The summed E-state index contributed by atoms with van der Waals surface area (Å²) in [5.41, 5.74) is 10.2. The van der Waals surface area contributed by atoms with Crippen LogP contribution in [0, 0.1) is 13.8 Å². The van der Waals surface area contributed by atoms with Crippen LogP contribution in [0.15, 0.2) is 18.2 Å². The van der Waals surface area contributed by atoms with Crippen molar-refractivity contribution in [3.05, 3.63) is 35.2 Å². The molecule has 0 radical (unpaired) electrons. The molecule has 7 heteroatoms. The molecule has 0 atom stereocenters. The van der Waals surface area contributed by atoms with Crippen LogP contribution in [0.2, 0.25) is 0 Å². The lowest BCUT2D eigenvalue weighted by molar-refractivity contribution is 0.0369. The molecule has 0 aliphatic carbocycles. The van der Waals surface area contributed by atoms with Crippen molar-refractivity contribution in [2.45, 2.75) is 26.8 Å². The number of carbonyl (C=O) groups excluding carboxylic acids is 1. The van der Waals surface area contributed by atoms with E-state index in [9.17, 15) is 4.79 Å². The first-order chi connectivity index (χ1) is 14.1. The Morgan fingerprint density at radius 2 is 1.72 bits per heavy atom. The molecule has 3 heterocycles.